The summed E-state index contributed by atoms with van der Waals surface area (Å²) in [6.45, 7) is 2.64. The lowest BCUT2D eigenvalue weighted by atomic mass is 10.0. The SMILES string of the molecule is COC(=O)C=CN(C)CC1CCCOC1. The van der Waals surface area contributed by atoms with Gasteiger partial charge in [-0.2, -0.15) is 0 Å². The van der Waals surface area contributed by atoms with Gasteiger partial charge in [-0.3, -0.25) is 0 Å². The number of hydrogen-bond donors (Lipinski definition) is 0. The molecule has 15 heavy (non-hydrogen) atoms. The van der Waals surface area contributed by atoms with Gasteiger partial charge < -0.3 is 14.4 Å². The summed E-state index contributed by atoms with van der Waals surface area (Å²) < 4.78 is 9.90. The summed E-state index contributed by atoms with van der Waals surface area (Å²) in [6, 6.07) is 0. The summed E-state index contributed by atoms with van der Waals surface area (Å²) in [5.74, 6) is 0.257. The topological polar surface area (TPSA) is 38.8 Å². The van der Waals surface area contributed by atoms with Crippen molar-refractivity contribution in [1.82, 2.24) is 4.90 Å². The molecule has 0 radical (unpaired) electrons. The molecule has 0 saturated carbocycles. The summed E-state index contributed by atoms with van der Waals surface area (Å²) in [7, 11) is 3.33. The van der Waals surface area contributed by atoms with Gasteiger partial charge >= 0.3 is 5.97 Å². The molecule has 1 fully saturated rings. The number of carbonyl (C=O) groups excluding carboxylic acids is 1. The molecule has 4 nitrogen and oxygen atoms in total. The predicted molar refractivity (Wildman–Crippen MR) is 57.3 cm³/mol. The van der Waals surface area contributed by atoms with Gasteiger partial charge in [0.25, 0.3) is 0 Å². The van der Waals surface area contributed by atoms with Crippen molar-refractivity contribution in [1.29, 1.82) is 0 Å². The number of carbonyl (C=O) groups is 1. The second-order valence-corrected chi connectivity index (χ2v) is 3.86. The van der Waals surface area contributed by atoms with Crippen molar-refractivity contribution in [3.05, 3.63) is 12.3 Å². The Hall–Kier alpha value is -1.03. The fraction of sp³-hybridized carbons (Fsp3) is 0.727. The van der Waals surface area contributed by atoms with Crippen molar-refractivity contribution in [3.8, 4) is 0 Å². The van der Waals surface area contributed by atoms with Crippen molar-refractivity contribution < 1.29 is 14.3 Å². The van der Waals surface area contributed by atoms with Gasteiger partial charge in [-0.1, -0.05) is 0 Å². The van der Waals surface area contributed by atoms with Crippen LogP contribution in [0.4, 0.5) is 0 Å². The van der Waals surface area contributed by atoms with Crippen LogP contribution in [0.25, 0.3) is 0 Å². The minimum atomic E-state index is -0.318. The summed E-state index contributed by atoms with van der Waals surface area (Å²) in [5, 5.41) is 0. The van der Waals surface area contributed by atoms with Crippen molar-refractivity contribution in [2.45, 2.75) is 12.8 Å². The van der Waals surface area contributed by atoms with Gasteiger partial charge in [-0.15, -0.1) is 0 Å². The number of methoxy groups -OCH3 is 1. The summed E-state index contributed by atoms with van der Waals surface area (Å²) in [4.78, 5) is 12.8. The molecule has 1 aliphatic rings. The quantitative estimate of drug-likeness (QED) is 0.516. The van der Waals surface area contributed by atoms with Crippen LogP contribution in [0.15, 0.2) is 12.3 Å². The zero-order chi connectivity index (χ0) is 11.1. The Balaban J connectivity index is 2.24. The van der Waals surface area contributed by atoms with Crippen molar-refractivity contribution >= 4 is 5.97 Å². The zero-order valence-corrected chi connectivity index (χ0v) is 9.44. The fourth-order valence-corrected chi connectivity index (χ4v) is 1.68. The third-order valence-corrected chi connectivity index (χ3v) is 2.47. The Morgan fingerprint density at radius 3 is 3.07 bits per heavy atom. The minimum absolute atomic E-state index is 0.318. The molecule has 1 saturated heterocycles. The largest absolute Gasteiger partial charge is 0.466 e. The molecule has 4 heteroatoms. The maximum Gasteiger partial charge on any atom is 0.331 e. The average molecular weight is 213 g/mol. The van der Waals surface area contributed by atoms with E-state index in [2.05, 4.69) is 4.74 Å². The molecule has 0 aliphatic carbocycles. The van der Waals surface area contributed by atoms with Gasteiger partial charge in [0.1, 0.15) is 0 Å². The van der Waals surface area contributed by atoms with Crippen LogP contribution >= 0.6 is 0 Å². The van der Waals surface area contributed by atoms with Gasteiger partial charge in [-0.05, 0) is 18.8 Å². The van der Waals surface area contributed by atoms with Gasteiger partial charge in [0.05, 0.1) is 13.7 Å². The molecule has 0 aromatic rings. The number of hydrogen-bond acceptors (Lipinski definition) is 4. The molecular weight excluding hydrogens is 194 g/mol. The summed E-state index contributed by atoms with van der Waals surface area (Å²) in [6.07, 6.45) is 5.53. The third-order valence-electron chi connectivity index (χ3n) is 2.47. The Morgan fingerprint density at radius 1 is 1.67 bits per heavy atom. The molecule has 1 atom stereocenters. The highest BCUT2D eigenvalue weighted by Gasteiger charge is 2.14. The molecule has 0 N–H and O–H groups in total. The highest BCUT2D eigenvalue weighted by atomic mass is 16.5. The third kappa shape index (κ3) is 4.83. The van der Waals surface area contributed by atoms with Gasteiger partial charge in [0.2, 0.25) is 0 Å². The van der Waals surface area contributed by atoms with E-state index in [9.17, 15) is 4.79 Å². The van der Waals surface area contributed by atoms with Crippen molar-refractivity contribution in [3.63, 3.8) is 0 Å². The van der Waals surface area contributed by atoms with E-state index in [4.69, 9.17) is 4.74 Å². The first kappa shape index (κ1) is 12.0. The molecular formula is C11H19NO3. The lowest BCUT2D eigenvalue weighted by Gasteiger charge is -2.26. The normalized spacial score (nSPS) is 21.6. The Bertz CT molecular complexity index is 222. The van der Waals surface area contributed by atoms with E-state index < -0.39 is 0 Å². The van der Waals surface area contributed by atoms with Crippen LogP contribution in [0.1, 0.15) is 12.8 Å². The maximum absolute atomic E-state index is 10.8. The first-order valence-electron chi connectivity index (χ1n) is 5.26. The summed E-state index contributed by atoms with van der Waals surface area (Å²) >= 11 is 0. The molecule has 0 aromatic heterocycles. The highest BCUT2D eigenvalue weighted by molar-refractivity contribution is 5.81. The first-order valence-corrected chi connectivity index (χ1v) is 5.26. The van der Waals surface area contributed by atoms with E-state index in [0.717, 1.165) is 26.2 Å². The molecule has 0 amide bonds. The average Bonchev–Trinajstić information content (AvgIpc) is 2.27. The van der Waals surface area contributed by atoms with Crippen LogP contribution in [-0.2, 0) is 14.3 Å². The lowest BCUT2D eigenvalue weighted by Crippen LogP contribution is -2.28. The Morgan fingerprint density at radius 2 is 2.47 bits per heavy atom. The molecule has 1 aliphatic heterocycles. The number of nitrogens with zero attached hydrogens (tertiary/aromatic N) is 1. The zero-order valence-electron chi connectivity index (χ0n) is 9.44. The van der Waals surface area contributed by atoms with Crippen LogP contribution in [0, 0.1) is 5.92 Å². The Kier molecular flexibility index (Phi) is 5.18. The molecule has 1 heterocycles. The molecule has 0 aromatic carbocycles. The Labute approximate surface area is 90.8 Å². The molecule has 86 valence electrons. The second kappa shape index (κ2) is 6.45. The number of esters is 1. The van der Waals surface area contributed by atoms with Gasteiger partial charge in [-0.25, -0.2) is 4.79 Å². The predicted octanol–water partition coefficient (Wildman–Crippen LogP) is 1.03. The van der Waals surface area contributed by atoms with Crippen molar-refractivity contribution in [2.24, 2.45) is 5.92 Å². The van der Waals surface area contributed by atoms with Crippen molar-refractivity contribution in [2.75, 3.05) is 33.9 Å². The van der Waals surface area contributed by atoms with Gasteiger partial charge in [0, 0.05) is 32.5 Å². The maximum atomic E-state index is 10.8. The molecule has 1 unspecified atom stereocenters. The van der Waals surface area contributed by atoms with E-state index in [1.54, 1.807) is 6.20 Å². The van der Waals surface area contributed by atoms with E-state index in [1.165, 1.54) is 19.6 Å². The van der Waals surface area contributed by atoms with Crippen LogP contribution in [-0.4, -0.2) is 44.8 Å². The smallest absolute Gasteiger partial charge is 0.331 e. The number of ether oxygens (including phenoxy) is 2. The van der Waals surface area contributed by atoms with Crippen LogP contribution in [0.2, 0.25) is 0 Å². The van der Waals surface area contributed by atoms with E-state index in [1.807, 2.05) is 11.9 Å². The number of rotatable bonds is 4. The standard InChI is InChI=1S/C11H19NO3/c1-12(6-5-11(13)14-2)8-10-4-3-7-15-9-10/h5-6,10H,3-4,7-9H2,1-2H3. The second-order valence-electron chi connectivity index (χ2n) is 3.86. The van der Waals surface area contributed by atoms with E-state index in [0.29, 0.717) is 5.92 Å². The van der Waals surface area contributed by atoms with Crippen LogP contribution in [0.3, 0.4) is 0 Å². The van der Waals surface area contributed by atoms with Crippen LogP contribution in [0.5, 0.6) is 0 Å². The monoisotopic (exact) mass is 213 g/mol. The minimum Gasteiger partial charge on any atom is -0.466 e. The molecule has 0 spiro atoms. The highest BCUT2D eigenvalue weighted by Crippen LogP contribution is 2.14. The fourth-order valence-electron chi connectivity index (χ4n) is 1.68. The first-order chi connectivity index (χ1) is 7.22. The molecule has 1 rings (SSSR count). The van der Waals surface area contributed by atoms with E-state index in [-0.39, 0.29) is 5.97 Å². The lowest BCUT2D eigenvalue weighted by molar-refractivity contribution is -0.134. The van der Waals surface area contributed by atoms with Gasteiger partial charge in [0.15, 0.2) is 0 Å². The van der Waals surface area contributed by atoms with E-state index >= 15 is 0 Å². The summed E-state index contributed by atoms with van der Waals surface area (Å²) in [5.41, 5.74) is 0. The molecule has 0 bridgehead atoms. The van der Waals surface area contributed by atoms with Crippen LogP contribution < -0.4 is 0 Å².